The van der Waals surface area contributed by atoms with Crippen molar-refractivity contribution in [2.24, 2.45) is 22.9 Å². The highest BCUT2D eigenvalue weighted by Gasteiger charge is 2.38. The van der Waals surface area contributed by atoms with E-state index < -0.39 is 10.2 Å². The first-order valence-electron chi connectivity index (χ1n) is 5.32. The van der Waals surface area contributed by atoms with Crippen LogP contribution in [-0.4, -0.2) is 15.0 Å². The first-order chi connectivity index (χ1) is 6.54. The van der Waals surface area contributed by atoms with Crippen LogP contribution in [0.5, 0.6) is 0 Å². The van der Waals surface area contributed by atoms with Crippen LogP contribution in [0.3, 0.4) is 0 Å². The maximum atomic E-state index is 10.6. The third-order valence-electron chi connectivity index (χ3n) is 3.70. The summed E-state index contributed by atoms with van der Waals surface area (Å²) in [4.78, 5) is 0. The monoisotopic (exact) mass is 218 g/mol. The second kappa shape index (κ2) is 3.79. The van der Waals surface area contributed by atoms with Crippen LogP contribution >= 0.6 is 0 Å². The predicted molar refractivity (Wildman–Crippen MR) is 54.7 cm³/mol. The fraction of sp³-hybridized carbons (Fsp3) is 1.00. The number of nitrogens with one attached hydrogen (secondary N) is 1. The first kappa shape index (κ1) is 10.4. The lowest BCUT2D eigenvalue weighted by molar-refractivity contribution is 0.315. The van der Waals surface area contributed by atoms with Gasteiger partial charge in [-0.3, -0.25) is 0 Å². The molecule has 0 aromatic heterocycles. The highest BCUT2D eigenvalue weighted by atomic mass is 32.2. The Labute approximate surface area is 85.4 Å². The van der Waals surface area contributed by atoms with Gasteiger partial charge < -0.3 is 0 Å². The normalized spacial score (nSPS) is 36.5. The van der Waals surface area contributed by atoms with Gasteiger partial charge >= 0.3 is 0 Å². The van der Waals surface area contributed by atoms with Crippen molar-refractivity contribution in [1.29, 1.82) is 0 Å². The summed E-state index contributed by atoms with van der Waals surface area (Å²) in [6.07, 6.45) is 6.38. The van der Waals surface area contributed by atoms with E-state index in [4.69, 9.17) is 5.14 Å². The molecule has 0 amide bonds. The molecule has 0 radical (unpaired) electrons. The molecule has 3 unspecified atom stereocenters. The van der Waals surface area contributed by atoms with Crippen LogP contribution in [0.25, 0.3) is 0 Å². The van der Waals surface area contributed by atoms with Crippen LogP contribution in [0.4, 0.5) is 0 Å². The van der Waals surface area contributed by atoms with E-state index in [1.807, 2.05) is 0 Å². The molecule has 2 rings (SSSR count). The van der Waals surface area contributed by atoms with E-state index in [0.29, 0.717) is 6.54 Å². The smallest absolute Gasteiger partial charge is 0.216 e. The summed E-state index contributed by atoms with van der Waals surface area (Å²) in [5.74, 6) is 2.53. The Morgan fingerprint density at radius 3 is 2.57 bits per heavy atom. The van der Waals surface area contributed by atoms with Crippen molar-refractivity contribution >= 4 is 10.2 Å². The molecule has 2 bridgehead atoms. The molecular weight excluding hydrogens is 200 g/mol. The highest BCUT2D eigenvalue weighted by molar-refractivity contribution is 7.87. The van der Waals surface area contributed by atoms with Crippen LogP contribution < -0.4 is 9.86 Å². The third-order valence-corrected chi connectivity index (χ3v) is 4.31. The molecule has 3 atom stereocenters. The topological polar surface area (TPSA) is 72.2 Å². The summed E-state index contributed by atoms with van der Waals surface area (Å²) in [7, 11) is -3.48. The van der Waals surface area contributed by atoms with Gasteiger partial charge in [-0.2, -0.15) is 8.42 Å². The van der Waals surface area contributed by atoms with Gasteiger partial charge in [-0.05, 0) is 43.4 Å². The minimum absolute atomic E-state index is 0.507. The highest BCUT2D eigenvalue weighted by Crippen LogP contribution is 2.49. The van der Waals surface area contributed by atoms with Crippen molar-refractivity contribution in [3.05, 3.63) is 0 Å². The maximum absolute atomic E-state index is 10.6. The Kier molecular flexibility index (Phi) is 2.81. The molecular formula is C9H18N2O2S. The molecule has 0 spiro atoms. The van der Waals surface area contributed by atoms with E-state index in [1.165, 1.54) is 25.7 Å². The first-order valence-corrected chi connectivity index (χ1v) is 6.86. The van der Waals surface area contributed by atoms with E-state index in [-0.39, 0.29) is 0 Å². The lowest BCUT2D eigenvalue weighted by atomic mass is 9.86. The van der Waals surface area contributed by atoms with E-state index in [1.54, 1.807) is 0 Å². The van der Waals surface area contributed by atoms with Crippen LogP contribution in [0.1, 0.15) is 32.1 Å². The van der Waals surface area contributed by atoms with Gasteiger partial charge in [0.15, 0.2) is 0 Å². The van der Waals surface area contributed by atoms with Crippen LogP contribution in [0.2, 0.25) is 0 Å². The molecule has 2 aliphatic carbocycles. The average Bonchev–Trinajstić information content (AvgIpc) is 2.62. The molecule has 0 aromatic carbocycles. The molecule has 82 valence electrons. The number of nitrogens with two attached hydrogens (primary N) is 1. The van der Waals surface area contributed by atoms with E-state index in [9.17, 15) is 8.42 Å². The number of hydrogen-bond acceptors (Lipinski definition) is 2. The number of hydrogen-bond donors (Lipinski definition) is 2. The molecule has 0 heterocycles. The van der Waals surface area contributed by atoms with E-state index >= 15 is 0 Å². The molecule has 5 heteroatoms. The Balaban J connectivity index is 1.72. The quantitative estimate of drug-likeness (QED) is 0.725. The lowest BCUT2D eigenvalue weighted by Crippen LogP contribution is -2.32. The zero-order valence-corrected chi connectivity index (χ0v) is 9.09. The van der Waals surface area contributed by atoms with Crippen LogP contribution in [0.15, 0.2) is 0 Å². The Morgan fingerprint density at radius 1 is 1.29 bits per heavy atom. The largest absolute Gasteiger partial charge is 0.274 e. The van der Waals surface area contributed by atoms with E-state index in [0.717, 1.165) is 24.2 Å². The zero-order valence-electron chi connectivity index (χ0n) is 8.28. The summed E-state index contributed by atoms with van der Waals surface area (Å²) in [5.41, 5.74) is 0. The molecule has 0 aliphatic heterocycles. The molecule has 2 fully saturated rings. The van der Waals surface area contributed by atoms with E-state index in [2.05, 4.69) is 4.72 Å². The predicted octanol–water partition coefficient (Wildman–Crippen LogP) is 0.606. The third kappa shape index (κ3) is 2.46. The van der Waals surface area contributed by atoms with Gasteiger partial charge in [-0.15, -0.1) is 0 Å². The summed E-state index contributed by atoms with van der Waals surface area (Å²) >= 11 is 0. The number of rotatable bonds is 4. The minimum atomic E-state index is -3.48. The van der Waals surface area contributed by atoms with Crippen LogP contribution in [-0.2, 0) is 10.2 Å². The van der Waals surface area contributed by atoms with Crippen molar-refractivity contribution in [3.63, 3.8) is 0 Å². The number of fused-ring (bicyclic) bond motifs is 2. The Morgan fingerprint density at radius 2 is 2.07 bits per heavy atom. The van der Waals surface area contributed by atoms with Gasteiger partial charge in [0.25, 0.3) is 10.2 Å². The summed E-state index contributed by atoms with van der Waals surface area (Å²) in [6.45, 7) is 0.507. The molecule has 0 aromatic rings. The lowest BCUT2D eigenvalue weighted by Gasteiger charge is -2.21. The van der Waals surface area contributed by atoms with Crippen molar-refractivity contribution < 1.29 is 8.42 Å². The zero-order chi connectivity index (χ0) is 10.2. The van der Waals surface area contributed by atoms with Gasteiger partial charge in [-0.1, -0.05) is 6.42 Å². The van der Waals surface area contributed by atoms with Crippen molar-refractivity contribution in [1.82, 2.24) is 4.72 Å². The second-order valence-electron chi connectivity index (χ2n) is 4.66. The van der Waals surface area contributed by atoms with Gasteiger partial charge in [0.2, 0.25) is 0 Å². The van der Waals surface area contributed by atoms with Crippen molar-refractivity contribution in [2.75, 3.05) is 6.54 Å². The fourth-order valence-electron chi connectivity index (χ4n) is 3.12. The molecule has 3 N–H and O–H groups in total. The van der Waals surface area contributed by atoms with Gasteiger partial charge in [0, 0.05) is 6.54 Å². The fourth-order valence-corrected chi connectivity index (χ4v) is 3.52. The van der Waals surface area contributed by atoms with Crippen molar-refractivity contribution in [3.8, 4) is 0 Å². The summed E-state index contributed by atoms with van der Waals surface area (Å²) in [5, 5.41) is 4.86. The standard InChI is InChI=1S/C9H18N2O2S/c10-14(12,13)11-4-3-9-6-7-1-2-8(9)5-7/h7-9,11H,1-6H2,(H2,10,12,13). The Hall–Kier alpha value is -0.130. The summed E-state index contributed by atoms with van der Waals surface area (Å²) < 4.78 is 23.6. The SMILES string of the molecule is NS(=O)(=O)NCCC1CC2CCC1C2. The molecule has 14 heavy (non-hydrogen) atoms. The molecule has 0 saturated heterocycles. The van der Waals surface area contributed by atoms with Gasteiger partial charge in [0.05, 0.1) is 0 Å². The minimum Gasteiger partial charge on any atom is -0.216 e. The summed E-state index contributed by atoms with van der Waals surface area (Å²) in [6, 6.07) is 0. The molecule has 2 saturated carbocycles. The van der Waals surface area contributed by atoms with Gasteiger partial charge in [0.1, 0.15) is 0 Å². The van der Waals surface area contributed by atoms with Gasteiger partial charge in [-0.25, -0.2) is 9.86 Å². The molecule has 4 nitrogen and oxygen atoms in total. The van der Waals surface area contributed by atoms with Crippen LogP contribution in [0, 0.1) is 17.8 Å². The average molecular weight is 218 g/mol. The second-order valence-corrected chi connectivity index (χ2v) is 6.04. The Bertz CT molecular complexity index is 302. The van der Waals surface area contributed by atoms with Crippen molar-refractivity contribution in [2.45, 2.75) is 32.1 Å². The maximum Gasteiger partial charge on any atom is 0.274 e. The molecule has 2 aliphatic rings.